The fraction of sp³-hybridized carbons (Fsp3) is 0.250. The van der Waals surface area contributed by atoms with Crippen LogP contribution in [0.25, 0.3) is 12.2 Å². The molecule has 1 heterocycles. The number of anilines is 1. The number of ether oxygens (including phenoxy) is 1. The lowest BCUT2D eigenvalue weighted by Crippen LogP contribution is -2.43. The highest BCUT2D eigenvalue weighted by Gasteiger charge is 2.35. The van der Waals surface area contributed by atoms with Gasteiger partial charge < -0.3 is 9.53 Å². The third-order valence-corrected chi connectivity index (χ3v) is 8.22. The van der Waals surface area contributed by atoms with Crippen LogP contribution in [0.3, 0.4) is 0 Å². The predicted octanol–water partition coefficient (Wildman–Crippen LogP) is 7.16. The molecule has 3 aromatic carbocycles. The number of ketones is 1. The number of alkyl halides is 3. The maximum Gasteiger partial charge on any atom is 0.417 e. The molecule has 0 saturated heterocycles. The van der Waals surface area contributed by atoms with Crippen molar-refractivity contribution in [1.29, 1.82) is 0 Å². The average Bonchev–Trinajstić information content (AvgIpc) is 2.85. The highest BCUT2D eigenvalue weighted by atomic mass is 35.5. The molecule has 0 unspecified atom stereocenters. The zero-order valence-electron chi connectivity index (χ0n) is 20.6. The molecule has 0 spiro atoms. The molecule has 0 amide bonds. The summed E-state index contributed by atoms with van der Waals surface area (Å²) < 4.78 is 75.2. The van der Waals surface area contributed by atoms with E-state index < -0.39 is 27.9 Å². The number of carbonyl (C=O) groups excluding carboxylic acids is 1. The zero-order valence-corrected chi connectivity index (χ0v) is 22.2. The molecule has 0 bridgehead atoms. The standard InChI is InChI=1S/C28H25ClF3NO4S/c1-18-5-3-6-22(15-18)38(35,36)33-17-21(12-9-19(2)34)37-27-14-11-20(16-26(27)33)10-13-23-24(28(30,31)32)7-4-8-25(23)29/h3-8,10-11,13-16,21H,9,12,17H2,1-2H3/b13-10+/t21-/m0/s1. The van der Waals surface area contributed by atoms with Crippen molar-refractivity contribution in [3.05, 3.63) is 87.9 Å². The Kier molecular flexibility index (Phi) is 7.90. The lowest BCUT2D eigenvalue weighted by molar-refractivity contribution is -0.137. The van der Waals surface area contributed by atoms with Gasteiger partial charge >= 0.3 is 6.18 Å². The fourth-order valence-corrected chi connectivity index (χ4v) is 6.05. The van der Waals surface area contributed by atoms with E-state index >= 15 is 0 Å². The van der Waals surface area contributed by atoms with Crippen LogP contribution in [-0.4, -0.2) is 26.8 Å². The molecule has 1 aliphatic rings. The van der Waals surface area contributed by atoms with E-state index in [0.717, 1.165) is 11.6 Å². The quantitative estimate of drug-likeness (QED) is 0.286. The largest absolute Gasteiger partial charge is 0.486 e. The van der Waals surface area contributed by atoms with Gasteiger partial charge in [-0.2, -0.15) is 13.2 Å². The molecule has 0 N–H and O–H groups in total. The van der Waals surface area contributed by atoms with E-state index in [1.165, 1.54) is 41.6 Å². The van der Waals surface area contributed by atoms with Gasteiger partial charge in [0.2, 0.25) is 0 Å². The first-order valence-electron chi connectivity index (χ1n) is 11.8. The minimum Gasteiger partial charge on any atom is -0.486 e. The Labute approximate surface area is 224 Å². The summed E-state index contributed by atoms with van der Waals surface area (Å²) >= 11 is 6.07. The maximum atomic E-state index is 13.7. The Morgan fingerprint density at radius 3 is 2.53 bits per heavy atom. The van der Waals surface area contributed by atoms with E-state index in [1.54, 1.807) is 43.3 Å². The van der Waals surface area contributed by atoms with E-state index in [1.807, 2.05) is 0 Å². The van der Waals surface area contributed by atoms with Crippen LogP contribution in [0.15, 0.2) is 65.6 Å². The number of hydrogen-bond donors (Lipinski definition) is 0. The van der Waals surface area contributed by atoms with Gasteiger partial charge in [0, 0.05) is 17.0 Å². The second-order valence-corrected chi connectivity index (χ2v) is 11.4. The third-order valence-electron chi connectivity index (χ3n) is 6.11. The number of Topliss-reactive ketones (excluding diaryl/α,β-unsaturated/α-hetero) is 1. The molecule has 3 aromatic rings. The van der Waals surface area contributed by atoms with Crippen molar-refractivity contribution in [2.45, 2.75) is 43.9 Å². The first-order chi connectivity index (χ1) is 17.9. The molecule has 1 atom stereocenters. The van der Waals surface area contributed by atoms with E-state index in [2.05, 4.69) is 0 Å². The highest BCUT2D eigenvalue weighted by Crippen LogP contribution is 2.40. The van der Waals surface area contributed by atoms with Gasteiger partial charge in [-0.25, -0.2) is 8.42 Å². The summed E-state index contributed by atoms with van der Waals surface area (Å²) in [6, 6.07) is 14.8. The average molecular weight is 564 g/mol. The van der Waals surface area contributed by atoms with Crippen LogP contribution in [0.1, 0.15) is 42.0 Å². The smallest absolute Gasteiger partial charge is 0.417 e. The minimum atomic E-state index is -4.60. The van der Waals surface area contributed by atoms with E-state index in [9.17, 15) is 26.4 Å². The normalized spacial score (nSPS) is 15.8. The van der Waals surface area contributed by atoms with Gasteiger partial charge in [-0.1, -0.05) is 48.0 Å². The molecule has 0 aliphatic carbocycles. The Morgan fingerprint density at radius 1 is 1.11 bits per heavy atom. The van der Waals surface area contributed by atoms with Crippen LogP contribution >= 0.6 is 11.6 Å². The van der Waals surface area contributed by atoms with E-state index in [-0.39, 0.29) is 39.9 Å². The molecule has 10 heteroatoms. The number of fused-ring (bicyclic) bond motifs is 1. The topological polar surface area (TPSA) is 63.7 Å². The fourth-order valence-electron chi connectivity index (χ4n) is 4.21. The van der Waals surface area contributed by atoms with Crippen molar-refractivity contribution in [3.8, 4) is 5.75 Å². The van der Waals surface area contributed by atoms with Gasteiger partial charge in [-0.05, 0) is 67.8 Å². The third kappa shape index (κ3) is 6.05. The molecular weight excluding hydrogens is 539 g/mol. The monoisotopic (exact) mass is 563 g/mol. The summed E-state index contributed by atoms with van der Waals surface area (Å²) in [5.74, 6) is 0.262. The number of halogens is 4. The van der Waals surface area contributed by atoms with Gasteiger partial charge in [0.25, 0.3) is 10.0 Å². The molecule has 0 saturated carbocycles. The summed E-state index contributed by atoms with van der Waals surface area (Å²) in [6.07, 6.45) is -1.88. The van der Waals surface area contributed by atoms with Gasteiger partial charge in [0.05, 0.1) is 22.7 Å². The Balaban J connectivity index is 1.76. The summed E-state index contributed by atoms with van der Waals surface area (Å²) in [6.45, 7) is 3.22. The van der Waals surface area contributed by atoms with Gasteiger partial charge in [0.15, 0.2) is 0 Å². The van der Waals surface area contributed by atoms with Crippen molar-refractivity contribution >= 4 is 45.2 Å². The van der Waals surface area contributed by atoms with Crippen LogP contribution in [0.4, 0.5) is 18.9 Å². The van der Waals surface area contributed by atoms with Gasteiger partial charge in [0.1, 0.15) is 17.6 Å². The van der Waals surface area contributed by atoms with Crippen LogP contribution in [0.2, 0.25) is 5.02 Å². The molecule has 5 nitrogen and oxygen atoms in total. The van der Waals surface area contributed by atoms with Crippen LogP contribution in [0, 0.1) is 6.92 Å². The van der Waals surface area contributed by atoms with Gasteiger partial charge in [-0.3, -0.25) is 4.31 Å². The Morgan fingerprint density at radius 2 is 1.84 bits per heavy atom. The first kappa shape index (κ1) is 27.7. The van der Waals surface area contributed by atoms with Gasteiger partial charge in [-0.15, -0.1) is 0 Å². The number of aryl methyl sites for hydroxylation is 1. The van der Waals surface area contributed by atoms with Crippen molar-refractivity contribution < 1.29 is 31.1 Å². The first-order valence-corrected chi connectivity index (χ1v) is 13.6. The highest BCUT2D eigenvalue weighted by molar-refractivity contribution is 7.92. The summed E-state index contributed by atoms with van der Waals surface area (Å²) in [5.41, 5.74) is 0.406. The number of nitrogens with zero attached hydrogens (tertiary/aromatic N) is 1. The van der Waals surface area contributed by atoms with Crippen LogP contribution in [0.5, 0.6) is 5.75 Å². The molecule has 1 aliphatic heterocycles. The van der Waals surface area contributed by atoms with Crippen molar-refractivity contribution in [2.24, 2.45) is 0 Å². The van der Waals surface area contributed by atoms with Crippen molar-refractivity contribution in [2.75, 3.05) is 10.8 Å². The number of rotatable bonds is 7. The minimum absolute atomic E-state index is 0.0214. The molecule has 200 valence electrons. The van der Waals surface area contributed by atoms with Crippen LogP contribution < -0.4 is 9.04 Å². The molecule has 4 rings (SSSR count). The molecular formula is C28H25ClF3NO4S. The Bertz CT molecular complexity index is 1500. The number of hydrogen-bond acceptors (Lipinski definition) is 4. The number of carbonyl (C=O) groups is 1. The summed E-state index contributed by atoms with van der Waals surface area (Å²) in [7, 11) is -4.01. The molecule has 0 fully saturated rings. The summed E-state index contributed by atoms with van der Waals surface area (Å²) in [5, 5.41) is -0.0608. The Hall–Kier alpha value is -3.30. The number of benzene rings is 3. The SMILES string of the molecule is CC(=O)CC[C@H]1CN(S(=O)(=O)c2cccc(C)c2)c2cc(/C=C/c3c(Cl)cccc3C(F)(F)F)ccc2O1. The lowest BCUT2D eigenvalue weighted by atomic mass is 10.0. The molecule has 0 radical (unpaired) electrons. The van der Waals surface area contributed by atoms with Crippen molar-refractivity contribution in [1.82, 2.24) is 0 Å². The van der Waals surface area contributed by atoms with Crippen molar-refractivity contribution in [3.63, 3.8) is 0 Å². The molecule has 0 aromatic heterocycles. The van der Waals surface area contributed by atoms with E-state index in [0.29, 0.717) is 17.7 Å². The predicted molar refractivity (Wildman–Crippen MR) is 142 cm³/mol. The molecule has 38 heavy (non-hydrogen) atoms. The van der Waals surface area contributed by atoms with Crippen LogP contribution in [-0.2, 0) is 21.0 Å². The summed E-state index contributed by atoms with van der Waals surface area (Å²) in [4.78, 5) is 11.6. The maximum absolute atomic E-state index is 13.7. The lowest BCUT2D eigenvalue weighted by Gasteiger charge is -2.35. The number of sulfonamides is 1. The van der Waals surface area contributed by atoms with E-state index in [4.69, 9.17) is 16.3 Å². The zero-order chi connectivity index (χ0) is 27.7. The second-order valence-electron chi connectivity index (χ2n) is 9.09. The second kappa shape index (κ2) is 10.8.